The summed E-state index contributed by atoms with van der Waals surface area (Å²) in [6.07, 6.45) is 3.67. The number of nitrogens with one attached hydrogen (secondary N) is 2. The molecule has 6 nitrogen and oxygen atoms in total. The summed E-state index contributed by atoms with van der Waals surface area (Å²) in [6, 6.07) is 13.8. The Hall–Kier alpha value is -2.99. The molecule has 6 heteroatoms. The van der Waals surface area contributed by atoms with Gasteiger partial charge in [0.25, 0.3) is 5.91 Å². The van der Waals surface area contributed by atoms with Crippen molar-refractivity contribution in [3.8, 4) is 0 Å². The van der Waals surface area contributed by atoms with Crippen molar-refractivity contribution in [1.82, 2.24) is 15.8 Å². The molecule has 0 saturated carbocycles. The molecule has 2 aromatic carbocycles. The van der Waals surface area contributed by atoms with Gasteiger partial charge in [0, 0.05) is 23.7 Å². The number of hydrogen-bond acceptors (Lipinski definition) is 4. The van der Waals surface area contributed by atoms with Crippen LogP contribution in [0.3, 0.4) is 0 Å². The molecule has 28 heavy (non-hydrogen) atoms. The Balaban J connectivity index is 1.62. The molecule has 146 valence electrons. The summed E-state index contributed by atoms with van der Waals surface area (Å²) in [5.74, 6) is -0.481. The fourth-order valence-electron chi connectivity index (χ4n) is 3.33. The number of amides is 2. The van der Waals surface area contributed by atoms with Crippen molar-refractivity contribution >= 4 is 33.6 Å². The van der Waals surface area contributed by atoms with Crippen molar-refractivity contribution in [2.24, 2.45) is 0 Å². The van der Waals surface area contributed by atoms with Gasteiger partial charge in [-0.2, -0.15) is 0 Å². The normalized spacial score (nSPS) is 10.9. The number of nitrogens with zero attached hydrogens (tertiary/aromatic N) is 1. The molecule has 0 radical (unpaired) electrons. The molecule has 1 aromatic heterocycles. The Morgan fingerprint density at radius 1 is 0.964 bits per heavy atom. The number of aromatic nitrogens is 1. The van der Waals surface area contributed by atoms with Gasteiger partial charge < -0.3 is 5.32 Å². The van der Waals surface area contributed by atoms with E-state index in [2.05, 4.69) is 11.4 Å². The van der Waals surface area contributed by atoms with Gasteiger partial charge >= 0.3 is 0 Å². The molecule has 0 atom stereocenters. The van der Waals surface area contributed by atoms with Crippen LogP contribution in [0.1, 0.15) is 48.0 Å². The van der Waals surface area contributed by atoms with E-state index < -0.39 is 0 Å². The highest BCUT2D eigenvalue weighted by atomic mass is 16.5. The number of fused-ring (bicyclic) bond motifs is 2. The van der Waals surface area contributed by atoms with Gasteiger partial charge in [-0.25, -0.2) is 10.5 Å². The molecule has 0 saturated heterocycles. The number of hydrogen-bond donors (Lipinski definition) is 3. The standard InChI is InChI=1S/C22H25N3O3/c1-15-8-6-9-16-14-17-10-7-11-18(21(17)24-20(15)16)22(27)23-13-5-3-2-4-12-19(26)25-28/h6-11,14,28H,2-5,12-13H2,1H3,(H,23,27)(H,25,26). The Kier molecular flexibility index (Phi) is 6.55. The van der Waals surface area contributed by atoms with E-state index >= 15 is 0 Å². The third kappa shape index (κ3) is 4.64. The predicted molar refractivity (Wildman–Crippen MR) is 109 cm³/mol. The first-order chi connectivity index (χ1) is 13.6. The number of rotatable bonds is 8. The molecule has 0 aliphatic carbocycles. The Labute approximate surface area is 163 Å². The van der Waals surface area contributed by atoms with Crippen LogP contribution < -0.4 is 10.8 Å². The first-order valence-corrected chi connectivity index (χ1v) is 9.60. The average Bonchev–Trinajstić information content (AvgIpc) is 2.71. The average molecular weight is 379 g/mol. The van der Waals surface area contributed by atoms with Gasteiger partial charge in [-0.3, -0.25) is 14.8 Å². The monoisotopic (exact) mass is 379 g/mol. The number of hydroxylamine groups is 1. The van der Waals surface area contributed by atoms with Crippen molar-refractivity contribution < 1.29 is 14.8 Å². The predicted octanol–water partition coefficient (Wildman–Crippen LogP) is 3.88. The fraction of sp³-hybridized carbons (Fsp3) is 0.318. The van der Waals surface area contributed by atoms with Crippen LogP contribution in [0.25, 0.3) is 21.8 Å². The smallest absolute Gasteiger partial charge is 0.253 e. The molecular weight excluding hydrogens is 354 g/mol. The molecular formula is C22H25N3O3. The van der Waals surface area contributed by atoms with Crippen LogP contribution >= 0.6 is 0 Å². The number of aryl methyl sites for hydroxylation is 1. The third-order valence-corrected chi connectivity index (χ3v) is 4.86. The molecule has 0 aliphatic rings. The van der Waals surface area contributed by atoms with Crippen LogP contribution in [-0.2, 0) is 4.79 Å². The molecule has 0 bridgehead atoms. The van der Waals surface area contributed by atoms with Gasteiger partial charge in [0.1, 0.15) is 0 Å². The molecule has 0 fully saturated rings. The quantitative estimate of drug-likeness (QED) is 0.240. The Morgan fingerprint density at radius 2 is 1.68 bits per heavy atom. The maximum Gasteiger partial charge on any atom is 0.253 e. The number of benzene rings is 2. The van der Waals surface area contributed by atoms with Crippen LogP contribution in [-0.4, -0.2) is 28.6 Å². The number of para-hydroxylation sites is 2. The molecule has 3 rings (SSSR count). The maximum atomic E-state index is 12.7. The van der Waals surface area contributed by atoms with Crippen molar-refractivity contribution in [2.45, 2.75) is 39.0 Å². The number of unbranched alkanes of at least 4 members (excludes halogenated alkanes) is 3. The molecule has 0 spiro atoms. The van der Waals surface area contributed by atoms with Crippen molar-refractivity contribution in [3.05, 3.63) is 53.6 Å². The first kappa shape index (κ1) is 19.8. The van der Waals surface area contributed by atoms with E-state index in [1.807, 2.05) is 43.3 Å². The number of carbonyl (C=O) groups excluding carboxylic acids is 2. The van der Waals surface area contributed by atoms with E-state index in [-0.39, 0.29) is 11.8 Å². The highest BCUT2D eigenvalue weighted by Gasteiger charge is 2.12. The minimum Gasteiger partial charge on any atom is -0.352 e. The molecule has 0 aliphatic heterocycles. The zero-order chi connectivity index (χ0) is 19.9. The second-order valence-corrected chi connectivity index (χ2v) is 6.97. The van der Waals surface area contributed by atoms with Gasteiger partial charge in [-0.15, -0.1) is 0 Å². The second kappa shape index (κ2) is 9.28. The van der Waals surface area contributed by atoms with E-state index in [1.54, 1.807) is 5.48 Å². The van der Waals surface area contributed by atoms with Crippen LogP contribution in [0.5, 0.6) is 0 Å². The van der Waals surface area contributed by atoms with Crippen LogP contribution in [0.15, 0.2) is 42.5 Å². The van der Waals surface area contributed by atoms with E-state index in [4.69, 9.17) is 10.2 Å². The summed E-state index contributed by atoms with van der Waals surface area (Å²) >= 11 is 0. The molecule has 2 amide bonds. The number of carbonyl (C=O) groups is 2. The third-order valence-electron chi connectivity index (χ3n) is 4.86. The second-order valence-electron chi connectivity index (χ2n) is 6.97. The molecule has 0 unspecified atom stereocenters. The first-order valence-electron chi connectivity index (χ1n) is 9.60. The summed E-state index contributed by atoms with van der Waals surface area (Å²) in [4.78, 5) is 28.4. The number of pyridine rings is 1. The minimum absolute atomic E-state index is 0.120. The molecule has 3 N–H and O–H groups in total. The lowest BCUT2D eigenvalue weighted by Crippen LogP contribution is -2.24. The van der Waals surface area contributed by atoms with Gasteiger partial charge in [0.15, 0.2) is 0 Å². The largest absolute Gasteiger partial charge is 0.352 e. The zero-order valence-electron chi connectivity index (χ0n) is 16.0. The maximum absolute atomic E-state index is 12.7. The zero-order valence-corrected chi connectivity index (χ0v) is 16.0. The molecule has 1 heterocycles. The minimum atomic E-state index is -0.362. The van der Waals surface area contributed by atoms with Crippen molar-refractivity contribution in [2.75, 3.05) is 6.54 Å². The summed E-state index contributed by atoms with van der Waals surface area (Å²) in [6.45, 7) is 2.60. The highest BCUT2D eigenvalue weighted by molar-refractivity contribution is 6.07. The summed E-state index contributed by atoms with van der Waals surface area (Å²) in [5, 5.41) is 13.4. The van der Waals surface area contributed by atoms with E-state index in [1.165, 1.54) is 0 Å². The molecule has 3 aromatic rings. The Morgan fingerprint density at radius 3 is 2.46 bits per heavy atom. The SMILES string of the molecule is Cc1cccc2cc3cccc(C(=O)NCCCCCCC(=O)NO)c3nc12. The van der Waals surface area contributed by atoms with Crippen molar-refractivity contribution in [1.29, 1.82) is 0 Å². The lowest BCUT2D eigenvalue weighted by atomic mass is 10.0. The van der Waals surface area contributed by atoms with Crippen LogP contribution in [0.4, 0.5) is 0 Å². The summed E-state index contributed by atoms with van der Waals surface area (Å²) in [7, 11) is 0. The van der Waals surface area contributed by atoms with Gasteiger partial charge in [-0.1, -0.05) is 43.2 Å². The van der Waals surface area contributed by atoms with E-state index in [0.29, 0.717) is 18.5 Å². The lowest BCUT2D eigenvalue weighted by molar-refractivity contribution is -0.129. The Bertz CT molecular complexity index is 1000. The van der Waals surface area contributed by atoms with Crippen LogP contribution in [0.2, 0.25) is 0 Å². The van der Waals surface area contributed by atoms with Crippen molar-refractivity contribution in [3.63, 3.8) is 0 Å². The lowest BCUT2D eigenvalue weighted by Gasteiger charge is -2.09. The van der Waals surface area contributed by atoms with Gasteiger partial charge in [0.2, 0.25) is 5.91 Å². The summed E-state index contributed by atoms with van der Waals surface area (Å²) in [5.41, 5.74) is 4.94. The fourth-order valence-corrected chi connectivity index (χ4v) is 3.33. The summed E-state index contributed by atoms with van der Waals surface area (Å²) < 4.78 is 0. The highest BCUT2D eigenvalue weighted by Crippen LogP contribution is 2.24. The van der Waals surface area contributed by atoms with Crippen LogP contribution in [0, 0.1) is 6.92 Å². The van der Waals surface area contributed by atoms with Gasteiger partial charge in [-0.05, 0) is 37.5 Å². The van der Waals surface area contributed by atoms with E-state index in [9.17, 15) is 9.59 Å². The van der Waals surface area contributed by atoms with Gasteiger partial charge in [0.05, 0.1) is 16.6 Å². The topological polar surface area (TPSA) is 91.3 Å². The van der Waals surface area contributed by atoms with E-state index in [0.717, 1.165) is 53.1 Å².